The zero-order valence-electron chi connectivity index (χ0n) is 12.9. The summed E-state index contributed by atoms with van der Waals surface area (Å²) in [6.07, 6.45) is 5.77. The van der Waals surface area contributed by atoms with E-state index in [0.29, 0.717) is 12.3 Å². The number of aromatic nitrogens is 1. The molecule has 0 radical (unpaired) electrons. The molecule has 1 aliphatic carbocycles. The molecule has 1 aliphatic rings. The van der Waals surface area contributed by atoms with Crippen LogP contribution in [-0.4, -0.2) is 17.1 Å². The molecule has 1 aromatic rings. The molecule has 0 spiro atoms. The SMILES string of the molecule is CC(C)(NC(=O)C[C@@H](F)CC1CCCC1)c1ccccn1. The smallest absolute Gasteiger partial charge is 0.223 e. The Kier molecular flexibility index (Phi) is 5.32. The zero-order chi connectivity index (χ0) is 15.3. The molecule has 1 N–H and O–H groups in total. The van der Waals surface area contributed by atoms with E-state index in [1.165, 1.54) is 12.8 Å². The van der Waals surface area contributed by atoms with Crippen LogP contribution in [0.1, 0.15) is 58.1 Å². The van der Waals surface area contributed by atoms with E-state index in [1.807, 2.05) is 32.0 Å². The Balaban J connectivity index is 1.83. The molecule has 3 nitrogen and oxygen atoms in total. The molecular formula is C17H25FN2O. The first kappa shape index (κ1) is 15.9. The van der Waals surface area contributed by atoms with E-state index in [-0.39, 0.29) is 12.3 Å². The highest BCUT2D eigenvalue weighted by Gasteiger charge is 2.27. The third-order valence-corrected chi connectivity index (χ3v) is 4.23. The molecule has 0 bridgehead atoms. The van der Waals surface area contributed by atoms with Crippen molar-refractivity contribution in [2.45, 2.75) is 64.1 Å². The van der Waals surface area contributed by atoms with Gasteiger partial charge in [0.1, 0.15) is 6.17 Å². The first-order valence-corrected chi connectivity index (χ1v) is 7.84. The average Bonchev–Trinajstić information content (AvgIpc) is 2.91. The van der Waals surface area contributed by atoms with Gasteiger partial charge in [-0.15, -0.1) is 0 Å². The van der Waals surface area contributed by atoms with Crippen molar-refractivity contribution in [2.75, 3.05) is 0 Å². The summed E-state index contributed by atoms with van der Waals surface area (Å²) in [5, 5.41) is 2.89. The number of pyridine rings is 1. The van der Waals surface area contributed by atoms with Crippen LogP contribution >= 0.6 is 0 Å². The number of hydrogen-bond donors (Lipinski definition) is 1. The summed E-state index contributed by atoms with van der Waals surface area (Å²) >= 11 is 0. The van der Waals surface area contributed by atoms with Crippen LogP contribution in [0.5, 0.6) is 0 Å². The molecule has 1 aromatic heterocycles. The van der Waals surface area contributed by atoms with Crippen molar-refractivity contribution in [1.29, 1.82) is 0 Å². The zero-order valence-corrected chi connectivity index (χ0v) is 12.9. The topological polar surface area (TPSA) is 42.0 Å². The van der Waals surface area contributed by atoms with Crippen molar-refractivity contribution in [1.82, 2.24) is 10.3 Å². The number of alkyl halides is 1. The van der Waals surface area contributed by atoms with E-state index >= 15 is 0 Å². The summed E-state index contributed by atoms with van der Waals surface area (Å²) in [6.45, 7) is 3.77. The Morgan fingerprint density at radius 1 is 1.43 bits per heavy atom. The molecule has 0 unspecified atom stereocenters. The predicted molar refractivity (Wildman–Crippen MR) is 81.5 cm³/mol. The monoisotopic (exact) mass is 292 g/mol. The summed E-state index contributed by atoms with van der Waals surface area (Å²) < 4.78 is 14.0. The molecule has 1 saturated carbocycles. The molecule has 1 atom stereocenters. The molecular weight excluding hydrogens is 267 g/mol. The van der Waals surface area contributed by atoms with Crippen LogP contribution < -0.4 is 5.32 Å². The molecule has 1 fully saturated rings. The number of carbonyl (C=O) groups excluding carboxylic acids is 1. The molecule has 2 rings (SSSR count). The number of nitrogens with one attached hydrogen (secondary N) is 1. The van der Waals surface area contributed by atoms with Crippen molar-refractivity contribution in [3.8, 4) is 0 Å². The molecule has 116 valence electrons. The fourth-order valence-corrected chi connectivity index (χ4v) is 3.09. The van der Waals surface area contributed by atoms with Crippen molar-refractivity contribution in [2.24, 2.45) is 5.92 Å². The molecule has 0 saturated heterocycles. The fraction of sp³-hybridized carbons (Fsp3) is 0.647. The Morgan fingerprint density at radius 3 is 2.76 bits per heavy atom. The molecule has 4 heteroatoms. The van der Waals surface area contributed by atoms with Crippen LogP contribution in [0.4, 0.5) is 4.39 Å². The van der Waals surface area contributed by atoms with E-state index < -0.39 is 11.7 Å². The summed E-state index contributed by atoms with van der Waals surface area (Å²) in [6, 6.07) is 5.58. The van der Waals surface area contributed by atoms with Crippen molar-refractivity contribution in [3.63, 3.8) is 0 Å². The Hall–Kier alpha value is -1.45. The number of hydrogen-bond acceptors (Lipinski definition) is 2. The minimum Gasteiger partial charge on any atom is -0.345 e. The summed E-state index contributed by atoms with van der Waals surface area (Å²) in [7, 11) is 0. The van der Waals surface area contributed by atoms with Gasteiger partial charge >= 0.3 is 0 Å². The van der Waals surface area contributed by atoms with Gasteiger partial charge in [0, 0.05) is 6.20 Å². The lowest BCUT2D eigenvalue weighted by Gasteiger charge is -2.26. The molecule has 1 amide bonds. The Labute approximate surface area is 126 Å². The molecule has 0 aliphatic heterocycles. The number of carbonyl (C=O) groups is 1. The van der Waals surface area contributed by atoms with Gasteiger partial charge in [-0.3, -0.25) is 9.78 Å². The number of halogens is 1. The van der Waals surface area contributed by atoms with Gasteiger partial charge in [0.15, 0.2) is 0 Å². The minimum atomic E-state index is -1.03. The van der Waals surface area contributed by atoms with Crippen molar-refractivity contribution >= 4 is 5.91 Å². The van der Waals surface area contributed by atoms with Crippen LogP contribution in [0.25, 0.3) is 0 Å². The third kappa shape index (κ3) is 4.80. The maximum absolute atomic E-state index is 14.0. The highest BCUT2D eigenvalue weighted by molar-refractivity contribution is 5.77. The lowest BCUT2D eigenvalue weighted by Crippen LogP contribution is -2.42. The van der Waals surface area contributed by atoms with Gasteiger partial charge in [0.05, 0.1) is 17.7 Å². The van der Waals surface area contributed by atoms with Crippen molar-refractivity contribution < 1.29 is 9.18 Å². The quantitative estimate of drug-likeness (QED) is 0.868. The lowest BCUT2D eigenvalue weighted by molar-refractivity contribution is -0.124. The highest BCUT2D eigenvalue weighted by atomic mass is 19.1. The number of rotatable bonds is 6. The van der Waals surface area contributed by atoms with E-state index in [2.05, 4.69) is 10.3 Å². The van der Waals surface area contributed by atoms with Gasteiger partial charge in [0.2, 0.25) is 5.91 Å². The first-order valence-electron chi connectivity index (χ1n) is 7.84. The van der Waals surface area contributed by atoms with Crippen molar-refractivity contribution in [3.05, 3.63) is 30.1 Å². The number of amides is 1. The Bertz CT molecular complexity index is 455. The van der Waals surface area contributed by atoms with Crippen LogP contribution in [0.15, 0.2) is 24.4 Å². The van der Waals surface area contributed by atoms with Crippen LogP contribution in [0.3, 0.4) is 0 Å². The summed E-state index contributed by atoms with van der Waals surface area (Å²) in [5.74, 6) is 0.229. The van der Waals surface area contributed by atoms with E-state index in [1.54, 1.807) is 6.20 Å². The average molecular weight is 292 g/mol. The second kappa shape index (κ2) is 7.01. The maximum Gasteiger partial charge on any atom is 0.223 e. The fourth-order valence-electron chi connectivity index (χ4n) is 3.09. The predicted octanol–water partition coefficient (Wildman–Crippen LogP) is 3.74. The van der Waals surface area contributed by atoms with E-state index in [0.717, 1.165) is 18.5 Å². The maximum atomic E-state index is 14.0. The number of nitrogens with zero attached hydrogens (tertiary/aromatic N) is 1. The van der Waals surface area contributed by atoms with Gasteiger partial charge < -0.3 is 5.32 Å². The second-order valence-corrected chi connectivity index (χ2v) is 6.58. The van der Waals surface area contributed by atoms with Gasteiger partial charge in [-0.1, -0.05) is 31.7 Å². The van der Waals surface area contributed by atoms with Gasteiger partial charge in [-0.05, 0) is 38.3 Å². The normalized spacial score (nSPS) is 17.7. The highest BCUT2D eigenvalue weighted by Crippen LogP contribution is 2.30. The van der Waals surface area contributed by atoms with Crippen LogP contribution in [0.2, 0.25) is 0 Å². The Morgan fingerprint density at radius 2 is 2.14 bits per heavy atom. The summed E-state index contributed by atoms with van der Waals surface area (Å²) in [5.41, 5.74) is 0.204. The van der Waals surface area contributed by atoms with Gasteiger partial charge in [-0.2, -0.15) is 0 Å². The molecule has 0 aromatic carbocycles. The second-order valence-electron chi connectivity index (χ2n) is 6.58. The van der Waals surface area contributed by atoms with Gasteiger partial charge in [0.25, 0.3) is 0 Å². The lowest BCUT2D eigenvalue weighted by atomic mass is 9.97. The largest absolute Gasteiger partial charge is 0.345 e. The van der Waals surface area contributed by atoms with E-state index in [9.17, 15) is 9.18 Å². The summed E-state index contributed by atoms with van der Waals surface area (Å²) in [4.78, 5) is 16.3. The van der Waals surface area contributed by atoms with Gasteiger partial charge in [-0.25, -0.2) is 4.39 Å². The molecule has 21 heavy (non-hydrogen) atoms. The molecule has 1 heterocycles. The standard InChI is InChI=1S/C17H25FN2O/c1-17(2,15-9-5-6-10-19-15)20-16(21)12-14(18)11-13-7-3-4-8-13/h5-6,9-10,13-14H,3-4,7-8,11-12H2,1-2H3,(H,20,21)/t14-/m0/s1. The van der Waals surface area contributed by atoms with Crippen LogP contribution in [-0.2, 0) is 10.3 Å². The first-order chi connectivity index (χ1) is 9.97. The van der Waals surface area contributed by atoms with Crippen LogP contribution in [0, 0.1) is 5.92 Å². The minimum absolute atomic E-state index is 0.0488. The third-order valence-electron chi connectivity index (χ3n) is 4.23. The van der Waals surface area contributed by atoms with E-state index in [4.69, 9.17) is 0 Å².